The molecular formula is C15H21NO4. The second kappa shape index (κ2) is 5.91. The van der Waals surface area contributed by atoms with E-state index in [-0.39, 0.29) is 18.6 Å². The third-order valence-electron chi connectivity index (χ3n) is 3.39. The zero-order valence-electron chi connectivity index (χ0n) is 11.8. The van der Waals surface area contributed by atoms with Crippen LogP contribution in [-0.2, 0) is 14.3 Å². The predicted molar refractivity (Wildman–Crippen MR) is 74.1 cm³/mol. The molecule has 5 nitrogen and oxygen atoms in total. The highest BCUT2D eigenvalue weighted by Gasteiger charge is 2.33. The van der Waals surface area contributed by atoms with Crippen LogP contribution in [0.4, 0.5) is 0 Å². The molecule has 0 radical (unpaired) electrons. The maximum absolute atomic E-state index is 10.6. The number of carbonyl (C=O) groups is 1. The van der Waals surface area contributed by atoms with Gasteiger partial charge in [-0.25, -0.2) is 0 Å². The fourth-order valence-corrected chi connectivity index (χ4v) is 2.29. The Balaban J connectivity index is 2.06. The number of benzene rings is 1. The lowest BCUT2D eigenvalue weighted by Gasteiger charge is -2.18. The molecule has 1 saturated heterocycles. The van der Waals surface area contributed by atoms with Crippen LogP contribution in [0.1, 0.15) is 50.0 Å². The van der Waals surface area contributed by atoms with Crippen molar-refractivity contribution in [3.8, 4) is 0 Å². The molecule has 0 aliphatic carbocycles. The van der Waals surface area contributed by atoms with Crippen molar-refractivity contribution in [2.75, 3.05) is 6.61 Å². The average molecular weight is 279 g/mol. The molecule has 1 heterocycles. The molecule has 1 aromatic carbocycles. The van der Waals surface area contributed by atoms with Gasteiger partial charge in [-0.05, 0) is 31.4 Å². The number of carboxylic acid groups (broad SMARTS) is 1. The zero-order valence-corrected chi connectivity index (χ0v) is 11.8. The highest BCUT2D eigenvalue weighted by molar-refractivity contribution is 5.66. The molecule has 0 aromatic heterocycles. The van der Waals surface area contributed by atoms with Gasteiger partial charge in [0.25, 0.3) is 0 Å². The summed E-state index contributed by atoms with van der Waals surface area (Å²) in [7, 11) is 0. The van der Waals surface area contributed by atoms with Crippen LogP contribution in [-0.4, -0.2) is 23.5 Å². The number of nitrogens with two attached hydrogens (primary N) is 1. The van der Waals surface area contributed by atoms with Crippen LogP contribution < -0.4 is 5.73 Å². The van der Waals surface area contributed by atoms with Crippen molar-refractivity contribution >= 4 is 5.97 Å². The Bertz CT molecular complexity index is 487. The molecular weight excluding hydrogens is 258 g/mol. The minimum atomic E-state index is -0.828. The van der Waals surface area contributed by atoms with Crippen molar-refractivity contribution in [2.45, 2.75) is 44.6 Å². The van der Waals surface area contributed by atoms with E-state index in [2.05, 4.69) is 0 Å². The quantitative estimate of drug-likeness (QED) is 0.864. The first-order valence-corrected chi connectivity index (χ1v) is 6.76. The average Bonchev–Trinajstić information content (AvgIpc) is 2.76. The minimum Gasteiger partial charge on any atom is -0.481 e. The first-order chi connectivity index (χ1) is 9.37. The summed E-state index contributed by atoms with van der Waals surface area (Å²) in [5, 5.41) is 8.70. The van der Waals surface area contributed by atoms with E-state index in [0.29, 0.717) is 13.0 Å². The summed E-state index contributed by atoms with van der Waals surface area (Å²) >= 11 is 0. The number of aliphatic carboxylic acids is 1. The summed E-state index contributed by atoms with van der Waals surface area (Å²) in [6.07, 6.45) is 0.393. The molecule has 0 bridgehead atoms. The van der Waals surface area contributed by atoms with Crippen LogP contribution in [0.25, 0.3) is 0 Å². The molecule has 2 atom stereocenters. The van der Waals surface area contributed by atoms with Crippen molar-refractivity contribution in [1.82, 2.24) is 0 Å². The summed E-state index contributed by atoms with van der Waals surface area (Å²) in [5.74, 6) is -1.39. The number of carboxylic acids is 1. The van der Waals surface area contributed by atoms with Crippen LogP contribution >= 0.6 is 0 Å². The van der Waals surface area contributed by atoms with E-state index in [1.165, 1.54) is 0 Å². The molecule has 2 unspecified atom stereocenters. The van der Waals surface area contributed by atoms with Crippen molar-refractivity contribution < 1.29 is 19.4 Å². The minimum absolute atomic E-state index is 0.0709. The van der Waals surface area contributed by atoms with Gasteiger partial charge in [0, 0.05) is 12.5 Å². The van der Waals surface area contributed by atoms with Crippen molar-refractivity contribution in [1.29, 1.82) is 0 Å². The van der Waals surface area contributed by atoms with E-state index in [9.17, 15) is 4.79 Å². The number of ether oxygens (including phenoxy) is 2. The van der Waals surface area contributed by atoms with Gasteiger partial charge in [-0.3, -0.25) is 4.79 Å². The molecule has 0 amide bonds. The predicted octanol–water partition coefficient (Wildman–Crippen LogP) is 2.38. The van der Waals surface area contributed by atoms with E-state index < -0.39 is 11.8 Å². The molecule has 1 aliphatic heterocycles. The summed E-state index contributed by atoms with van der Waals surface area (Å²) < 4.78 is 11.4. The summed E-state index contributed by atoms with van der Waals surface area (Å²) in [6.45, 7) is 4.28. The zero-order chi connectivity index (χ0) is 14.8. The maximum atomic E-state index is 10.6. The third kappa shape index (κ3) is 3.79. The third-order valence-corrected chi connectivity index (χ3v) is 3.39. The van der Waals surface area contributed by atoms with Gasteiger partial charge in [0.05, 0.1) is 6.61 Å². The van der Waals surface area contributed by atoms with E-state index in [0.717, 1.165) is 11.1 Å². The van der Waals surface area contributed by atoms with Gasteiger partial charge in [-0.1, -0.05) is 24.3 Å². The van der Waals surface area contributed by atoms with E-state index in [1.807, 2.05) is 38.1 Å². The van der Waals surface area contributed by atoms with Crippen LogP contribution in [0.15, 0.2) is 24.3 Å². The second-order valence-corrected chi connectivity index (χ2v) is 5.53. The summed E-state index contributed by atoms with van der Waals surface area (Å²) in [6, 6.07) is 7.50. The Morgan fingerprint density at radius 3 is 2.90 bits per heavy atom. The van der Waals surface area contributed by atoms with Gasteiger partial charge in [0.1, 0.15) is 6.10 Å². The van der Waals surface area contributed by atoms with Crippen LogP contribution in [0.2, 0.25) is 0 Å². The Hall–Kier alpha value is -1.43. The maximum Gasteiger partial charge on any atom is 0.303 e. The molecule has 20 heavy (non-hydrogen) atoms. The van der Waals surface area contributed by atoms with Crippen molar-refractivity contribution in [3.63, 3.8) is 0 Å². The van der Waals surface area contributed by atoms with Crippen molar-refractivity contribution in [2.24, 2.45) is 5.73 Å². The molecule has 3 N–H and O–H groups in total. The lowest BCUT2D eigenvalue weighted by Crippen LogP contribution is -2.19. The van der Waals surface area contributed by atoms with Gasteiger partial charge in [0.15, 0.2) is 5.79 Å². The Morgan fingerprint density at radius 2 is 2.30 bits per heavy atom. The molecule has 1 fully saturated rings. The van der Waals surface area contributed by atoms with E-state index >= 15 is 0 Å². The first kappa shape index (κ1) is 15.0. The molecule has 2 rings (SSSR count). The largest absolute Gasteiger partial charge is 0.481 e. The SMILES string of the molecule is CC1(C)OCC(c2cccc(C(N)CCC(=O)O)c2)O1. The lowest BCUT2D eigenvalue weighted by molar-refractivity contribution is -0.139. The van der Waals surface area contributed by atoms with E-state index in [1.54, 1.807) is 0 Å². The molecule has 5 heteroatoms. The molecule has 0 spiro atoms. The van der Waals surface area contributed by atoms with Gasteiger partial charge in [-0.2, -0.15) is 0 Å². The molecule has 1 aliphatic rings. The lowest BCUT2D eigenvalue weighted by atomic mass is 9.99. The monoisotopic (exact) mass is 279 g/mol. The van der Waals surface area contributed by atoms with Gasteiger partial charge < -0.3 is 20.3 Å². The second-order valence-electron chi connectivity index (χ2n) is 5.53. The Labute approximate surface area is 118 Å². The first-order valence-electron chi connectivity index (χ1n) is 6.76. The van der Waals surface area contributed by atoms with Crippen LogP contribution in [0.3, 0.4) is 0 Å². The standard InChI is InChI=1S/C15H21NO4/c1-15(2)19-9-13(20-15)11-5-3-4-10(8-11)12(16)6-7-14(17)18/h3-5,8,12-13H,6-7,9,16H2,1-2H3,(H,17,18). The summed E-state index contributed by atoms with van der Waals surface area (Å²) in [4.78, 5) is 10.6. The van der Waals surface area contributed by atoms with Gasteiger partial charge in [-0.15, -0.1) is 0 Å². The number of hydrogen-bond acceptors (Lipinski definition) is 4. The fourth-order valence-electron chi connectivity index (χ4n) is 2.29. The Kier molecular flexibility index (Phi) is 4.42. The van der Waals surface area contributed by atoms with Crippen LogP contribution in [0, 0.1) is 0 Å². The summed E-state index contributed by atoms with van der Waals surface area (Å²) in [5.41, 5.74) is 7.97. The Morgan fingerprint density at radius 1 is 1.55 bits per heavy atom. The topological polar surface area (TPSA) is 81.8 Å². The molecule has 0 saturated carbocycles. The smallest absolute Gasteiger partial charge is 0.303 e. The molecule has 1 aromatic rings. The van der Waals surface area contributed by atoms with Crippen LogP contribution in [0.5, 0.6) is 0 Å². The fraction of sp³-hybridized carbons (Fsp3) is 0.533. The van der Waals surface area contributed by atoms with E-state index in [4.69, 9.17) is 20.3 Å². The highest BCUT2D eigenvalue weighted by atomic mass is 16.7. The highest BCUT2D eigenvalue weighted by Crippen LogP contribution is 2.33. The van der Waals surface area contributed by atoms with Gasteiger partial charge in [0.2, 0.25) is 0 Å². The number of rotatable bonds is 5. The number of hydrogen-bond donors (Lipinski definition) is 2. The van der Waals surface area contributed by atoms with Gasteiger partial charge >= 0.3 is 5.97 Å². The van der Waals surface area contributed by atoms with Crippen molar-refractivity contribution in [3.05, 3.63) is 35.4 Å². The molecule has 110 valence electrons. The normalized spacial score (nSPS) is 22.6.